The average molecular weight is 458 g/mol. The molecule has 1 rings (SSSR count). The van der Waals surface area contributed by atoms with Crippen molar-refractivity contribution in [3.8, 4) is 5.75 Å². The van der Waals surface area contributed by atoms with E-state index in [4.69, 9.17) is 9.47 Å². The quantitative estimate of drug-likeness (QED) is 0.285. The molecule has 0 saturated heterocycles. The molecule has 0 aliphatic heterocycles. The predicted octanol–water partition coefficient (Wildman–Crippen LogP) is 2.26. The van der Waals surface area contributed by atoms with E-state index in [1.54, 1.807) is 14.2 Å². The summed E-state index contributed by atoms with van der Waals surface area (Å²) in [4.78, 5) is 4.09. The molecule has 0 atom stereocenters. The van der Waals surface area contributed by atoms with E-state index in [-0.39, 0.29) is 24.0 Å². The molecule has 0 bridgehead atoms. The van der Waals surface area contributed by atoms with E-state index in [1.807, 2.05) is 24.3 Å². The number of methoxy groups -OCH3 is 1. The Morgan fingerprint density at radius 2 is 1.95 bits per heavy atom. The number of halogens is 2. The number of nitrogens with zero attached hydrogens (tertiary/aromatic N) is 1. The van der Waals surface area contributed by atoms with Gasteiger partial charge in [0.1, 0.15) is 12.4 Å². The van der Waals surface area contributed by atoms with Crippen molar-refractivity contribution in [1.29, 1.82) is 0 Å². The molecular weight excluding hydrogens is 437 g/mol. The highest BCUT2D eigenvalue weighted by Crippen LogP contribution is 2.17. The van der Waals surface area contributed by atoms with E-state index in [9.17, 15) is 0 Å². The Balaban J connectivity index is 0.00000361. The minimum absolute atomic E-state index is 0. The standard InChI is InChI=1S/C13H20BrN3O2.HI/c1-15-13(16-6-8-18-2)17-7-9-19-12-5-3-4-11(14)10-12;/h3-5,10H,6-9H2,1-2H3,(H2,15,16,17);1H. The number of hydrogen-bond acceptors (Lipinski definition) is 3. The minimum atomic E-state index is 0. The van der Waals surface area contributed by atoms with Crippen LogP contribution in [0, 0.1) is 0 Å². The van der Waals surface area contributed by atoms with Crippen molar-refractivity contribution in [3.63, 3.8) is 0 Å². The van der Waals surface area contributed by atoms with Gasteiger partial charge in [0.2, 0.25) is 0 Å². The Morgan fingerprint density at radius 3 is 2.55 bits per heavy atom. The number of hydrogen-bond donors (Lipinski definition) is 2. The number of benzene rings is 1. The van der Waals surface area contributed by atoms with E-state index in [2.05, 4.69) is 31.6 Å². The van der Waals surface area contributed by atoms with Crippen LogP contribution in [-0.4, -0.2) is 46.4 Å². The van der Waals surface area contributed by atoms with E-state index < -0.39 is 0 Å². The number of ether oxygens (including phenoxy) is 2. The zero-order valence-electron chi connectivity index (χ0n) is 11.7. The van der Waals surface area contributed by atoms with Gasteiger partial charge in [-0.05, 0) is 18.2 Å². The molecule has 1 aromatic carbocycles. The molecule has 0 unspecified atom stereocenters. The maximum atomic E-state index is 5.61. The molecule has 20 heavy (non-hydrogen) atoms. The fourth-order valence-electron chi connectivity index (χ4n) is 1.39. The molecule has 1 aromatic rings. The van der Waals surface area contributed by atoms with Crippen molar-refractivity contribution < 1.29 is 9.47 Å². The number of rotatable bonds is 7. The first-order chi connectivity index (χ1) is 9.26. The Kier molecular flexibility index (Phi) is 11.9. The van der Waals surface area contributed by atoms with Crippen LogP contribution >= 0.6 is 39.9 Å². The fourth-order valence-corrected chi connectivity index (χ4v) is 1.77. The second kappa shape index (κ2) is 12.2. The topological polar surface area (TPSA) is 54.9 Å². The fraction of sp³-hybridized carbons (Fsp3) is 0.462. The van der Waals surface area contributed by atoms with Gasteiger partial charge in [-0.15, -0.1) is 24.0 Å². The van der Waals surface area contributed by atoms with Crippen molar-refractivity contribution in [2.75, 3.05) is 40.5 Å². The molecule has 0 spiro atoms. The van der Waals surface area contributed by atoms with E-state index >= 15 is 0 Å². The summed E-state index contributed by atoms with van der Waals surface area (Å²) in [7, 11) is 3.40. The lowest BCUT2D eigenvalue weighted by Gasteiger charge is -2.12. The minimum Gasteiger partial charge on any atom is -0.492 e. The maximum Gasteiger partial charge on any atom is 0.191 e. The van der Waals surface area contributed by atoms with Crippen LogP contribution in [0.5, 0.6) is 5.75 Å². The monoisotopic (exact) mass is 457 g/mol. The second-order valence-electron chi connectivity index (χ2n) is 3.72. The van der Waals surface area contributed by atoms with Gasteiger partial charge in [-0.1, -0.05) is 22.0 Å². The van der Waals surface area contributed by atoms with Crippen molar-refractivity contribution in [3.05, 3.63) is 28.7 Å². The summed E-state index contributed by atoms with van der Waals surface area (Å²) in [6.45, 7) is 2.62. The van der Waals surface area contributed by atoms with E-state index in [0.717, 1.165) is 22.7 Å². The van der Waals surface area contributed by atoms with Gasteiger partial charge in [-0.3, -0.25) is 4.99 Å². The maximum absolute atomic E-state index is 5.61. The van der Waals surface area contributed by atoms with Gasteiger partial charge in [0.05, 0.1) is 13.2 Å². The zero-order valence-corrected chi connectivity index (χ0v) is 15.6. The van der Waals surface area contributed by atoms with Gasteiger partial charge in [0, 0.05) is 25.2 Å². The lowest BCUT2D eigenvalue weighted by Crippen LogP contribution is -2.40. The molecule has 0 amide bonds. The molecular formula is C13H21BrIN3O2. The molecule has 114 valence electrons. The molecule has 0 heterocycles. The van der Waals surface area contributed by atoms with Crippen LogP contribution in [0.3, 0.4) is 0 Å². The Labute approximate surface area is 145 Å². The molecule has 7 heteroatoms. The summed E-state index contributed by atoms with van der Waals surface area (Å²) in [5.74, 6) is 1.59. The summed E-state index contributed by atoms with van der Waals surface area (Å²) < 4.78 is 11.6. The Hall–Kier alpha value is -0.540. The first-order valence-electron chi connectivity index (χ1n) is 6.08. The summed E-state index contributed by atoms with van der Waals surface area (Å²) in [5.41, 5.74) is 0. The highest BCUT2D eigenvalue weighted by Gasteiger charge is 1.97. The number of guanidine groups is 1. The SMILES string of the molecule is CN=C(NCCOC)NCCOc1cccc(Br)c1.I. The third kappa shape index (κ3) is 8.60. The predicted molar refractivity (Wildman–Crippen MR) is 96.3 cm³/mol. The summed E-state index contributed by atoms with van der Waals surface area (Å²) in [5, 5.41) is 6.29. The van der Waals surface area contributed by atoms with Crippen LogP contribution in [0.2, 0.25) is 0 Å². The first kappa shape index (κ1) is 19.5. The summed E-state index contributed by atoms with van der Waals surface area (Å²) in [6.07, 6.45) is 0. The average Bonchev–Trinajstić information content (AvgIpc) is 2.41. The Bertz CT molecular complexity index is 405. The van der Waals surface area contributed by atoms with Crippen LogP contribution in [0.1, 0.15) is 0 Å². The summed E-state index contributed by atoms with van der Waals surface area (Å²) in [6, 6.07) is 7.77. The van der Waals surface area contributed by atoms with Gasteiger partial charge >= 0.3 is 0 Å². The third-order valence-electron chi connectivity index (χ3n) is 2.28. The third-order valence-corrected chi connectivity index (χ3v) is 2.77. The highest BCUT2D eigenvalue weighted by molar-refractivity contribution is 14.0. The van der Waals surface area contributed by atoms with Gasteiger partial charge in [-0.25, -0.2) is 0 Å². The lowest BCUT2D eigenvalue weighted by atomic mass is 10.3. The van der Waals surface area contributed by atoms with Gasteiger partial charge in [0.15, 0.2) is 5.96 Å². The molecule has 0 aromatic heterocycles. The first-order valence-corrected chi connectivity index (χ1v) is 6.87. The smallest absolute Gasteiger partial charge is 0.191 e. The van der Waals surface area contributed by atoms with Crippen LogP contribution in [0.4, 0.5) is 0 Å². The normalized spacial score (nSPS) is 10.7. The highest BCUT2D eigenvalue weighted by atomic mass is 127. The number of nitrogens with one attached hydrogen (secondary N) is 2. The van der Waals surface area contributed by atoms with Crippen LogP contribution in [0.15, 0.2) is 33.7 Å². The van der Waals surface area contributed by atoms with E-state index in [0.29, 0.717) is 19.8 Å². The van der Waals surface area contributed by atoms with Crippen molar-refractivity contribution in [2.24, 2.45) is 4.99 Å². The van der Waals surface area contributed by atoms with Crippen LogP contribution in [0.25, 0.3) is 0 Å². The van der Waals surface area contributed by atoms with Crippen molar-refractivity contribution in [1.82, 2.24) is 10.6 Å². The zero-order chi connectivity index (χ0) is 13.9. The second-order valence-corrected chi connectivity index (χ2v) is 4.64. The molecule has 5 nitrogen and oxygen atoms in total. The molecule has 0 aliphatic rings. The van der Waals surface area contributed by atoms with Gasteiger partial charge in [-0.2, -0.15) is 0 Å². The van der Waals surface area contributed by atoms with Gasteiger partial charge < -0.3 is 20.1 Å². The lowest BCUT2D eigenvalue weighted by molar-refractivity contribution is 0.203. The van der Waals surface area contributed by atoms with E-state index in [1.165, 1.54) is 0 Å². The van der Waals surface area contributed by atoms with Crippen molar-refractivity contribution >= 4 is 45.9 Å². The van der Waals surface area contributed by atoms with Crippen LogP contribution in [-0.2, 0) is 4.74 Å². The molecule has 2 N–H and O–H groups in total. The molecule has 0 fully saturated rings. The Morgan fingerprint density at radius 1 is 1.25 bits per heavy atom. The van der Waals surface area contributed by atoms with Crippen molar-refractivity contribution in [2.45, 2.75) is 0 Å². The number of aliphatic imine (C=N–C) groups is 1. The summed E-state index contributed by atoms with van der Waals surface area (Å²) >= 11 is 3.40. The largest absolute Gasteiger partial charge is 0.492 e. The van der Waals surface area contributed by atoms with Crippen LogP contribution < -0.4 is 15.4 Å². The van der Waals surface area contributed by atoms with Gasteiger partial charge in [0.25, 0.3) is 0 Å². The molecule has 0 aliphatic carbocycles. The molecule has 0 radical (unpaired) electrons. The molecule has 0 saturated carbocycles.